The first-order valence-corrected chi connectivity index (χ1v) is 11.4. The SMILES string of the molecule is [C-]#[N+]c1ccc(C#N)cc1-c1ccc(-n2c3ccccc3c3ccccc32)c(-c2ccccc2)c1. The Morgan fingerprint density at radius 3 is 1.94 bits per heavy atom. The Bertz CT molecular complexity index is 1760. The predicted octanol–water partition coefficient (Wildman–Crippen LogP) is 8.54. The molecule has 0 atom stereocenters. The molecular weight excluding hydrogens is 426 g/mol. The van der Waals surface area contributed by atoms with E-state index in [9.17, 15) is 5.26 Å². The molecule has 0 saturated heterocycles. The molecule has 1 aromatic heterocycles. The Morgan fingerprint density at radius 2 is 1.29 bits per heavy atom. The highest BCUT2D eigenvalue weighted by Crippen LogP contribution is 2.39. The van der Waals surface area contributed by atoms with Crippen LogP contribution in [0.1, 0.15) is 5.56 Å². The minimum absolute atomic E-state index is 0.535. The average Bonchev–Trinajstić information content (AvgIpc) is 3.27. The smallest absolute Gasteiger partial charge is 0.194 e. The van der Waals surface area contributed by atoms with Gasteiger partial charge in [0.15, 0.2) is 5.69 Å². The molecule has 3 heteroatoms. The number of aromatic nitrogens is 1. The van der Waals surface area contributed by atoms with Gasteiger partial charge in [0.1, 0.15) is 0 Å². The fourth-order valence-corrected chi connectivity index (χ4v) is 4.86. The molecule has 5 aromatic carbocycles. The molecule has 0 aliphatic heterocycles. The molecule has 35 heavy (non-hydrogen) atoms. The van der Waals surface area contributed by atoms with Crippen molar-refractivity contribution in [2.75, 3.05) is 0 Å². The van der Waals surface area contributed by atoms with E-state index in [0.29, 0.717) is 11.3 Å². The molecule has 0 bridgehead atoms. The number of nitriles is 1. The van der Waals surface area contributed by atoms with Gasteiger partial charge in [-0.15, -0.1) is 0 Å². The van der Waals surface area contributed by atoms with Crippen LogP contribution in [0.2, 0.25) is 0 Å². The molecule has 3 nitrogen and oxygen atoms in total. The van der Waals surface area contributed by atoms with Crippen LogP contribution >= 0.6 is 0 Å². The average molecular weight is 446 g/mol. The second-order valence-corrected chi connectivity index (χ2v) is 8.42. The number of hydrogen-bond acceptors (Lipinski definition) is 1. The zero-order valence-corrected chi connectivity index (χ0v) is 18.8. The number of nitrogens with zero attached hydrogens (tertiary/aromatic N) is 3. The van der Waals surface area contributed by atoms with Gasteiger partial charge in [-0.1, -0.05) is 84.9 Å². The first kappa shape index (κ1) is 20.5. The zero-order valence-electron chi connectivity index (χ0n) is 18.8. The first-order chi connectivity index (χ1) is 17.3. The van der Waals surface area contributed by atoms with Gasteiger partial charge in [-0.05, 0) is 47.0 Å². The van der Waals surface area contributed by atoms with Crippen LogP contribution in [0.25, 0.3) is 54.6 Å². The Kier molecular flexibility index (Phi) is 4.88. The van der Waals surface area contributed by atoms with Crippen LogP contribution in [0, 0.1) is 17.9 Å². The van der Waals surface area contributed by atoms with E-state index in [-0.39, 0.29) is 0 Å². The van der Waals surface area contributed by atoms with Crippen LogP contribution < -0.4 is 0 Å². The summed E-state index contributed by atoms with van der Waals surface area (Å²) in [5, 5.41) is 11.9. The summed E-state index contributed by atoms with van der Waals surface area (Å²) in [6, 6.07) is 41.0. The van der Waals surface area contributed by atoms with Gasteiger partial charge in [0.05, 0.1) is 34.9 Å². The van der Waals surface area contributed by atoms with Crippen molar-refractivity contribution >= 4 is 27.5 Å². The Morgan fingerprint density at radius 1 is 0.629 bits per heavy atom. The second kappa shape index (κ2) is 8.34. The largest absolute Gasteiger partial charge is 0.309 e. The molecule has 0 saturated carbocycles. The minimum Gasteiger partial charge on any atom is -0.309 e. The third-order valence-corrected chi connectivity index (χ3v) is 6.46. The standard InChI is InChI=1S/C32H19N3/c1-34-29-17-15-22(21-33)19-27(29)24-16-18-32(28(20-24)23-9-3-2-4-10-23)35-30-13-7-5-11-25(30)26-12-6-8-14-31(26)35/h2-20H. The summed E-state index contributed by atoms with van der Waals surface area (Å²) in [6.07, 6.45) is 0. The molecule has 162 valence electrons. The van der Waals surface area contributed by atoms with Crippen LogP contribution in [0.5, 0.6) is 0 Å². The van der Waals surface area contributed by atoms with Gasteiger partial charge >= 0.3 is 0 Å². The van der Waals surface area contributed by atoms with E-state index >= 15 is 0 Å². The van der Waals surface area contributed by atoms with Gasteiger partial charge in [-0.2, -0.15) is 5.26 Å². The maximum atomic E-state index is 9.44. The molecular formula is C32H19N3. The molecule has 0 radical (unpaired) electrons. The summed E-state index contributed by atoms with van der Waals surface area (Å²) in [4.78, 5) is 3.71. The van der Waals surface area contributed by atoms with E-state index in [0.717, 1.165) is 39.0 Å². The maximum Gasteiger partial charge on any atom is 0.194 e. The summed E-state index contributed by atoms with van der Waals surface area (Å²) >= 11 is 0. The van der Waals surface area contributed by atoms with Crippen molar-refractivity contribution < 1.29 is 0 Å². The topological polar surface area (TPSA) is 33.1 Å². The van der Waals surface area contributed by atoms with Gasteiger partial charge < -0.3 is 4.57 Å². The number of para-hydroxylation sites is 2. The molecule has 0 fully saturated rings. The third kappa shape index (κ3) is 3.35. The highest BCUT2D eigenvalue weighted by atomic mass is 15.0. The van der Waals surface area contributed by atoms with Crippen molar-refractivity contribution in [2.24, 2.45) is 0 Å². The first-order valence-electron chi connectivity index (χ1n) is 11.4. The van der Waals surface area contributed by atoms with Gasteiger partial charge in [0.25, 0.3) is 0 Å². The second-order valence-electron chi connectivity index (χ2n) is 8.42. The molecule has 0 N–H and O–H groups in total. The molecule has 0 aliphatic rings. The van der Waals surface area contributed by atoms with Crippen LogP contribution in [0.4, 0.5) is 5.69 Å². The lowest BCUT2D eigenvalue weighted by atomic mass is 9.95. The summed E-state index contributed by atoms with van der Waals surface area (Å²) in [7, 11) is 0. The van der Waals surface area contributed by atoms with Gasteiger partial charge in [-0.3, -0.25) is 0 Å². The highest BCUT2D eigenvalue weighted by molar-refractivity contribution is 6.09. The van der Waals surface area contributed by atoms with Crippen LogP contribution in [-0.4, -0.2) is 4.57 Å². The fourth-order valence-electron chi connectivity index (χ4n) is 4.86. The summed E-state index contributed by atoms with van der Waals surface area (Å²) in [6.45, 7) is 7.65. The van der Waals surface area contributed by atoms with Crippen LogP contribution in [0.3, 0.4) is 0 Å². The van der Waals surface area contributed by atoms with E-state index in [1.165, 1.54) is 10.8 Å². The maximum absolute atomic E-state index is 9.44. The molecule has 6 rings (SSSR count). The number of rotatable bonds is 3. The number of benzene rings is 5. The normalized spacial score (nSPS) is 10.8. The molecule has 0 unspecified atom stereocenters. The monoisotopic (exact) mass is 445 g/mol. The van der Waals surface area contributed by atoms with E-state index in [4.69, 9.17) is 6.57 Å². The zero-order chi connectivity index (χ0) is 23.8. The van der Waals surface area contributed by atoms with Gasteiger partial charge in [-0.25, -0.2) is 4.85 Å². The van der Waals surface area contributed by atoms with E-state index in [2.05, 4.69) is 94.3 Å². The molecule has 0 spiro atoms. The third-order valence-electron chi connectivity index (χ3n) is 6.46. The van der Waals surface area contributed by atoms with Gasteiger partial charge in [0.2, 0.25) is 0 Å². The molecule has 1 heterocycles. The minimum atomic E-state index is 0.535. The van der Waals surface area contributed by atoms with Crippen molar-refractivity contribution in [3.8, 4) is 34.0 Å². The summed E-state index contributed by atoms with van der Waals surface area (Å²) in [5.74, 6) is 0. The Labute approximate surface area is 203 Å². The Hall–Kier alpha value is -5.12. The van der Waals surface area contributed by atoms with Crippen LogP contribution in [-0.2, 0) is 0 Å². The van der Waals surface area contributed by atoms with E-state index < -0.39 is 0 Å². The van der Waals surface area contributed by atoms with Crippen molar-refractivity contribution in [3.63, 3.8) is 0 Å². The lowest BCUT2D eigenvalue weighted by Gasteiger charge is -2.16. The quantitative estimate of drug-likeness (QED) is 0.251. The van der Waals surface area contributed by atoms with Crippen LogP contribution in [0.15, 0.2) is 115 Å². The van der Waals surface area contributed by atoms with Crippen molar-refractivity contribution in [1.29, 1.82) is 5.26 Å². The predicted molar refractivity (Wildman–Crippen MR) is 143 cm³/mol. The number of fused-ring (bicyclic) bond motifs is 3. The van der Waals surface area contributed by atoms with E-state index in [1.54, 1.807) is 18.2 Å². The van der Waals surface area contributed by atoms with Crippen molar-refractivity contribution in [1.82, 2.24) is 4.57 Å². The lowest BCUT2D eigenvalue weighted by molar-refractivity contribution is 1.18. The number of hydrogen-bond donors (Lipinski definition) is 0. The molecule has 0 aliphatic carbocycles. The summed E-state index contributed by atoms with van der Waals surface area (Å²) < 4.78 is 2.32. The van der Waals surface area contributed by atoms with E-state index in [1.807, 2.05) is 18.2 Å². The lowest BCUT2D eigenvalue weighted by Crippen LogP contribution is -1.98. The van der Waals surface area contributed by atoms with Crippen molar-refractivity contribution in [2.45, 2.75) is 0 Å². The van der Waals surface area contributed by atoms with Crippen molar-refractivity contribution in [3.05, 3.63) is 132 Å². The highest BCUT2D eigenvalue weighted by Gasteiger charge is 2.17. The summed E-state index contributed by atoms with van der Waals surface area (Å²) in [5.41, 5.74) is 8.27. The Balaban J connectivity index is 1.69. The molecule has 6 aromatic rings. The fraction of sp³-hybridized carbons (Fsp3) is 0. The molecule has 0 amide bonds. The van der Waals surface area contributed by atoms with Gasteiger partial charge in [0, 0.05) is 16.3 Å².